The number of rotatable bonds is 4. The molecule has 1 aliphatic carbocycles. The van der Waals surface area contributed by atoms with Crippen LogP contribution in [0.4, 0.5) is 0 Å². The number of nitrogens with zero attached hydrogens (tertiary/aromatic N) is 1. The molecule has 0 unspecified atom stereocenters. The molecule has 1 aliphatic rings. The Balaban J connectivity index is 1.96. The SMILES string of the molecule is CC(C)(C)Oc1ccccc1CN=C(N)NC1CCCCC1. The van der Waals surface area contributed by atoms with Gasteiger partial charge in [-0.05, 0) is 39.7 Å². The molecule has 122 valence electrons. The average molecular weight is 303 g/mol. The van der Waals surface area contributed by atoms with Gasteiger partial charge in [-0.2, -0.15) is 0 Å². The molecule has 0 aliphatic heterocycles. The van der Waals surface area contributed by atoms with Gasteiger partial charge in [0.15, 0.2) is 5.96 Å². The summed E-state index contributed by atoms with van der Waals surface area (Å²) in [6.45, 7) is 6.68. The first kappa shape index (κ1) is 16.7. The Labute approximate surface area is 134 Å². The molecule has 3 N–H and O–H groups in total. The number of guanidine groups is 1. The molecule has 0 bridgehead atoms. The molecule has 22 heavy (non-hydrogen) atoms. The van der Waals surface area contributed by atoms with Crippen LogP contribution in [0.15, 0.2) is 29.3 Å². The molecular weight excluding hydrogens is 274 g/mol. The van der Waals surface area contributed by atoms with E-state index in [4.69, 9.17) is 10.5 Å². The third kappa shape index (κ3) is 5.58. The number of nitrogens with one attached hydrogen (secondary N) is 1. The van der Waals surface area contributed by atoms with Gasteiger partial charge in [-0.1, -0.05) is 37.5 Å². The summed E-state index contributed by atoms with van der Waals surface area (Å²) in [7, 11) is 0. The monoisotopic (exact) mass is 303 g/mol. The predicted molar refractivity (Wildman–Crippen MR) is 92.2 cm³/mol. The quantitative estimate of drug-likeness (QED) is 0.660. The molecule has 0 saturated heterocycles. The fraction of sp³-hybridized carbons (Fsp3) is 0.611. The molecule has 1 aromatic carbocycles. The lowest BCUT2D eigenvalue weighted by Gasteiger charge is -2.24. The Hall–Kier alpha value is -1.71. The number of aliphatic imine (C=N–C) groups is 1. The summed E-state index contributed by atoms with van der Waals surface area (Å²) in [4.78, 5) is 4.48. The second-order valence-electron chi connectivity index (χ2n) is 7.00. The molecule has 0 spiro atoms. The number of nitrogens with two attached hydrogens (primary N) is 1. The van der Waals surface area contributed by atoms with Crippen LogP contribution in [0.2, 0.25) is 0 Å². The van der Waals surface area contributed by atoms with Crippen molar-refractivity contribution in [1.29, 1.82) is 0 Å². The summed E-state index contributed by atoms with van der Waals surface area (Å²) >= 11 is 0. The zero-order valence-corrected chi connectivity index (χ0v) is 14.1. The van der Waals surface area contributed by atoms with Gasteiger partial charge < -0.3 is 15.8 Å². The molecule has 0 atom stereocenters. The van der Waals surface area contributed by atoms with Crippen molar-refractivity contribution in [3.05, 3.63) is 29.8 Å². The Morgan fingerprint density at radius 3 is 2.59 bits per heavy atom. The normalized spacial score (nSPS) is 17.3. The van der Waals surface area contributed by atoms with E-state index < -0.39 is 0 Å². The van der Waals surface area contributed by atoms with Crippen LogP contribution >= 0.6 is 0 Å². The number of hydrogen-bond donors (Lipinski definition) is 2. The van der Waals surface area contributed by atoms with Gasteiger partial charge in [0, 0.05) is 11.6 Å². The Morgan fingerprint density at radius 1 is 1.23 bits per heavy atom. The van der Waals surface area contributed by atoms with Gasteiger partial charge >= 0.3 is 0 Å². The summed E-state index contributed by atoms with van der Waals surface area (Å²) in [6, 6.07) is 8.50. The highest BCUT2D eigenvalue weighted by Crippen LogP contribution is 2.23. The summed E-state index contributed by atoms with van der Waals surface area (Å²) in [5.41, 5.74) is 6.87. The molecule has 0 radical (unpaired) electrons. The lowest BCUT2D eigenvalue weighted by Crippen LogP contribution is -2.41. The standard InChI is InChI=1S/C18H29N3O/c1-18(2,3)22-16-12-8-7-9-14(16)13-20-17(19)21-15-10-5-4-6-11-15/h7-9,12,15H,4-6,10-11,13H2,1-3H3,(H3,19,20,21). The third-order valence-electron chi connectivity index (χ3n) is 3.77. The van der Waals surface area contributed by atoms with E-state index in [0.717, 1.165) is 11.3 Å². The van der Waals surface area contributed by atoms with Gasteiger partial charge in [-0.3, -0.25) is 0 Å². The minimum absolute atomic E-state index is 0.217. The van der Waals surface area contributed by atoms with E-state index in [1.807, 2.05) is 45.0 Å². The van der Waals surface area contributed by atoms with Crippen LogP contribution in [0.1, 0.15) is 58.4 Å². The summed E-state index contributed by atoms with van der Waals surface area (Å²) in [5, 5.41) is 3.34. The molecule has 0 amide bonds. The highest BCUT2D eigenvalue weighted by atomic mass is 16.5. The average Bonchev–Trinajstić information content (AvgIpc) is 2.46. The Morgan fingerprint density at radius 2 is 1.91 bits per heavy atom. The van der Waals surface area contributed by atoms with Crippen LogP contribution in [0.25, 0.3) is 0 Å². The molecule has 4 nitrogen and oxygen atoms in total. The van der Waals surface area contributed by atoms with Crippen molar-refractivity contribution in [2.75, 3.05) is 0 Å². The van der Waals surface area contributed by atoms with E-state index in [-0.39, 0.29) is 5.60 Å². The maximum absolute atomic E-state index is 6.03. The van der Waals surface area contributed by atoms with E-state index in [0.29, 0.717) is 18.5 Å². The van der Waals surface area contributed by atoms with Gasteiger partial charge in [0.2, 0.25) is 0 Å². The molecule has 1 fully saturated rings. The van der Waals surface area contributed by atoms with Crippen molar-refractivity contribution in [1.82, 2.24) is 5.32 Å². The van der Waals surface area contributed by atoms with Crippen molar-refractivity contribution in [3.8, 4) is 5.75 Å². The van der Waals surface area contributed by atoms with Crippen LogP contribution in [-0.4, -0.2) is 17.6 Å². The van der Waals surface area contributed by atoms with Gasteiger partial charge in [-0.15, -0.1) is 0 Å². The zero-order chi connectivity index (χ0) is 16.0. The van der Waals surface area contributed by atoms with E-state index >= 15 is 0 Å². The van der Waals surface area contributed by atoms with Crippen LogP contribution < -0.4 is 15.8 Å². The summed E-state index contributed by atoms with van der Waals surface area (Å²) < 4.78 is 5.98. The topological polar surface area (TPSA) is 59.6 Å². The van der Waals surface area contributed by atoms with E-state index in [1.54, 1.807) is 0 Å². The van der Waals surface area contributed by atoms with E-state index in [9.17, 15) is 0 Å². The Bertz CT molecular complexity index is 499. The minimum atomic E-state index is -0.217. The van der Waals surface area contributed by atoms with Gasteiger partial charge in [-0.25, -0.2) is 4.99 Å². The summed E-state index contributed by atoms with van der Waals surface area (Å²) in [5.74, 6) is 1.42. The molecule has 0 heterocycles. The first-order valence-electron chi connectivity index (χ1n) is 8.27. The molecule has 2 rings (SSSR count). The molecular formula is C18H29N3O. The number of ether oxygens (including phenoxy) is 1. The minimum Gasteiger partial charge on any atom is -0.488 e. The first-order chi connectivity index (χ1) is 10.4. The van der Waals surface area contributed by atoms with E-state index in [2.05, 4.69) is 10.3 Å². The van der Waals surface area contributed by atoms with E-state index in [1.165, 1.54) is 32.1 Å². The smallest absolute Gasteiger partial charge is 0.189 e. The fourth-order valence-electron chi connectivity index (χ4n) is 2.74. The number of para-hydroxylation sites is 1. The fourth-order valence-corrected chi connectivity index (χ4v) is 2.74. The van der Waals surface area contributed by atoms with Gasteiger partial charge in [0.05, 0.1) is 6.54 Å². The number of benzene rings is 1. The highest BCUT2D eigenvalue weighted by Gasteiger charge is 2.15. The second-order valence-corrected chi connectivity index (χ2v) is 7.00. The largest absolute Gasteiger partial charge is 0.488 e. The zero-order valence-electron chi connectivity index (χ0n) is 14.1. The van der Waals surface area contributed by atoms with Crippen molar-refractivity contribution < 1.29 is 4.74 Å². The van der Waals surface area contributed by atoms with Gasteiger partial charge in [0.1, 0.15) is 11.4 Å². The molecule has 1 aromatic rings. The third-order valence-corrected chi connectivity index (χ3v) is 3.77. The Kier molecular flexibility index (Phi) is 5.69. The maximum atomic E-state index is 6.03. The lowest BCUT2D eigenvalue weighted by molar-refractivity contribution is 0.129. The van der Waals surface area contributed by atoms with Gasteiger partial charge in [0.25, 0.3) is 0 Å². The van der Waals surface area contributed by atoms with Crippen molar-refractivity contribution in [2.24, 2.45) is 10.7 Å². The van der Waals surface area contributed by atoms with Crippen LogP contribution in [0, 0.1) is 0 Å². The second kappa shape index (κ2) is 7.52. The first-order valence-corrected chi connectivity index (χ1v) is 8.27. The summed E-state index contributed by atoms with van der Waals surface area (Å²) in [6.07, 6.45) is 6.30. The molecule has 0 aromatic heterocycles. The highest BCUT2D eigenvalue weighted by molar-refractivity contribution is 5.78. The van der Waals surface area contributed by atoms with Crippen LogP contribution in [0.5, 0.6) is 5.75 Å². The van der Waals surface area contributed by atoms with Crippen molar-refractivity contribution in [2.45, 2.75) is 71.1 Å². The molecule has 4 heteroatoms. The lowest BCUT2D eigenvalue weighted by atomic mass is 9.96. The predicted octanol–water partition coefficient (Wildman–Crippen LogP) is 3.60. The number of hydrogen-bond acceptors (Lipinski definition) is 2. The maximum Gasteiger partial charge on any atom is 0.189 e. The van der Waals surface area contributed by atoms with Crippen LogP contribution in [-0.2, 0) is 6.54 Å². The van der Waals surface area contributed by atoms with Crippen molar-refractivity contribution in [3.63, 3.8) is 0 Å². The molecule has 1 saturated carbocycles. The van der Waals surface area contributed by atoms with Crippen LogP contribution in [0.3, 0.4) is 0 Å². The van der Waals surface area contributed by atoms with Crippen molar-refractivity contribution >= 4 is 5.96 Å².